The summed E-state index contributed by atoms with van der Waals surface area (Å²) in [7, 11) is 0. The Morgan fingerprint density at radius 2 is 1.60 bits per heavy atom. The lowest BCUT2D eigenvalue weighted by Gasteiger charge is -2.25. The molecule has 3 N–H and O–H groups in total. The minimum atomic E-state index is -1.46. The first-order valence-corrected chi connectivity index (χ1v) is 10.0. The van der Waals surface area contributed by atoms with Crippen LogP contribution in [0.1, 0.15) is 36.8 Å². The van der Waals surface area contributed by atoms with Crippen molar-refractivity contribution in [1.29, 1.82) is 0 Å². The summed E-state index contributed by atoms with van der Waals surface area (Å²) < 4.78 is 5.83. The van der Waals surface area contributed by atoms with Gasteiger partial charge in [-0.25, -0.2) is 14.6 Å². The first kappa shape index (κ1) is 21.2. The number of hydrogen-bond donors (Lipinski definition) is 2. The van der Waals surface area contributed by atoms with Crippen LogP contribution in [0.5, 0.6) is 0 Å². The van der Waals surface area contributed by atoms with E-state index in [2.05, 4.69) is 9.98 Å². The van der Waals surface area contributed by atoms with Crippen LogP contribution >= 0.6 is 11.3 Å². The van der Waals surface area contributed by atoms with E-state index in [1.165, 1.54) is 19.2 Å². The second kappa shape index (κ2) is 8.87. The van der Waals surface area contributed by atoms with Crippen LogP contribution in [0.4, 0.5) is 5.13 Å². The maximum atomic E-state index is 13.1. The summed E-state index contributed by atoms with van der Waals surface area (Å²) in [5, 5.41) is 11.3. The third-order valence-electron chi connectivity index (χ3n) is 4.29. The number of aromatic nitrogens is 1. The third-order valence-corrected chi connectivity index (χ3v) is 4.96. The van der Waals surface area contributed by atoms with Crippen LogP contribution in [0.2, 0.25) is 0 Å². The first-order chi connectivity index (χ1) is 14.3. The van der Waals surface area contributed by atoms with Crippen LogP contribution in [0.3, 0.4) is 0 Å². The second-order valence-corrected chi connectivity index (χ2v) is 7.89. The van der Waals surface area contributed by atoms with Gasteiger partial charge in [-0.1, -0.05) is 60.7 Å². The number of esters is 1. The molecule has 0 aliphatic rings. The van der Waals surface area contributed by atoms with Crippen LogP contribution in [0.25, 0.3) is 0 Å². The molecule has 0 fully saturated rings. The smallest absolute Gasteiger partial charge is 0.356 e. The summed E-state index contributed by atoms with van der Waals surface area (Å²) in [6, 6.07) is 18.6. The number of carboxylic acids is 1. The zero-order chi connectivity index (χ0) is 21.7. The van der Waals surface area contributed by atoms with Crippen LogP contribution in [0, 0.1) is 0 Å². The zero-order valence-electron chi connectivity index (χ0n) is 16.5. The van der Waals surface area contributed by atoms with Gasteiger partial charge in [-0.2, -0.15) is 0 Å². The summed E-state index contributed by atoms with van der Waals surface area (Å²) in [6.45, 7) is 3.00. The molecule has 0 atom stereocenters. The van der Waals surface area contributed by atoms with Gasteiger partial charge in [0.2, 0.25) is 0 Å². The molecule has 0 saturated carbocycles. The largest absolute Gasteiger partial charge is 0.476 e. The van der Waals surface area contributed by atoms with Crippen LogP contribution in [-0.2, 0) is 14.3 Å². The molecule has 1 heterocycles. The quantitative estimate of drug-likeness (QED) is 0.442. The number of carbonyl (C=O) groups excluding carboxylic acids is 1. The molecule has 0 amide bonds. The molecule has 1 aromatic heterocycles. The van der Waals surface area contributed by atoms with Crippen molar-refractivity contribution in [3.63, 3.8) is 0 Å². The molecule has 3 rings (SSSR count). The van der Waals surface area contributed by atoms with Crippen molar-refractivity contribution < 1.29 is 19.4 Å². The van der Waals surface area contributed by atoms with Crippen molar-refractivity contribution in [3.8, 4) is 0 Å². The Balaban J connectivity index is 1.93. The minimum absolute atomic E-state index is 0.105. The molecule has 0 bridgehead atoms. The molecule has 0 radical (unpaired) electrons. The highest BCUT2D eigenvalue weighted by Gasteiger charge is 2.34. The Kier molecular flexibility index (Phi) is 6.27. The van der Waals surface area contributed by atoms with Crippen LogP contribution in [-0.4, -0.2) is 33.3 Å². The molecule has 3 aromatic rings. The second-order valence-electron chi connectivity index (χ2n) is 7.00. The average Bonchev–Trinajstić information content (AvgIpc) is 3.17. The monoisotopic (exact) mass is 423 g/mol. The van der Waals surface area contributed by atoms with E-state index in [9.17, 15) is 14.7 Å². The number of aliphatic imine (C=N–C) groups is 1. The molecule has 0 aliphatic carbocycles. The number of carboxylic acid groups (broad SMARTS) is 1. The normalized spacial score (nSPS) is 12.0. The van der Waals surface area contributed by atoms with Crippen molar-refractivity contribution in [2.75, 3.05) is 5.73 Å². The highest BCUT2D eigenvalue weighted by molar-refractivity contribution is 7.13. The van der Waals surface area contributed by atoms with Gasteiger partial charge in [-0.05, 0) is 25.0 Å². The Morgan fingerprint density at radius 1 is 1.07 bits per heavy atom. The lowest BCUT2D eigenvalue weighted by Crippen LogP contribution is -2.35. The van der Waals surface area contributed by atoms with Gasteiger partial charge in [0.05, 0.1) is 0 Å². The number of hydrogen-bond acceptors (Lipinski definition) is 7. The van der Waals surface area contributed by atoms with Gasteiger partial charge >= 0.3 is 11.9 Å². The molecular weight excluding hydrogens is 402 g/mol. The van der Waals surface area contributed by atoms with Crippen molar-refractivity contribution in [2.24, 2.45) is 4.99 Å². The Labute approximate surface area is 177 Å². The number of nitrogen functional groups attached to an aromatic ring is 1. The molecule has 0 aliphatic heterocycles. The molecule has 7 nitrogen and oxygen atoms in total. The fourth-order valence-electron chi connectivity index (χ4n) is 2.77. The number of carbonyl (C=O) groups is 2. The van der Waals surface area contributed by atoms with E-state index in [0.29, 0.717) is 0 Å². The standard InChI is InChI=1S/C22H21N3O4S/c1-22(2,25-17(19(26)27)16-13-30-21(23)24-16)20(28)29-18(14-9-5-3-6-10-14)15-11-7-4-8-12-15/h3-13,18H,1-2H3,(H2,23,24)(H,26,27). The van der Waals surface area contributed by atoms with Crippen molar-refractivity contribution in [3.05, 3.63) is 82.9 Å². The zero-order valence-corrected chi connectivity index (χ0v) is 17.3. The van der Waals surface area contributed by atoms with Gasteiger partial charge in [0.1, 0.15) is 5.69 Å². The highest BCUT2D eigenvalue weighted by atomic mass is 32.1. The first-order valence-electron chi connectivity index (χ1n) is 9.13. The number of thiazole rings is 1. The number of anilines is 1. The van der Waals surface area contributed by atoms with Crippen molar-refractivity contribution in [2.45, 2.75) is 25.5 Å². The number of benzene rings is 2. The van der Waals surface area contributed by atoms with E-state index in [1.807, 2.05) is 60.7 Å². The SMILES string of the molecule is CC(C)(N=C(C(=O)O)c1csc(N)n1)C(=O)OC(c1ccccc1)c1ccccc1. The van der Waals surface area contributed by atoms with Crippen LogP contribution in [0.15, 0.2) is 71.0 Å². The lowest BCUT2D eigenvalue weighted by atomic mass is 10.0. The van der Waals surface area contributed by atoms with Gasteiger partial charge in [0.25, 0.3) is 0 Å². The predicted octanol–water partition coefficient (Wildman–Crippen LogP) is 3.71. The maximum Gasteiger partial charge on any atom is 0.356 e. The number of nitrogens with zero attached hydrogens (tertiary/aromatic N) is 2. The molecule has 154 valence electrons. The Hall–Kier alpha value is -3.52. The summed E-state index contributed by atoms with van der Waals surface area (Å²) in [5.41, 5.74) is 5.49. The number of nitrogens with two attached hydrogens (primary N) is 1. The van der Waals surface area contributed by atoms with E-state index in [-0.39, 0.29) is 16.5 Å². The Bertz CT molecular complexity index is 1020. The fourth-order valence-corrected chi connectivity index (χ4v) is 3.32. The molecule has 0 unspecified atom stereocenters. The maximum absolute atomic E-state index is 13.1. The molecule has 30 heavy (non-hydrogen) atoms. The van der Waals surface area contributed by atoms with E-state index in [4.69, 9.17) is 10.5 Å². The third kappa shape index (κ3) is 4.90. The van der Waals surface area contributed by atoms with Crippen molar-refractivity contribution >= 4 is 34.1 Å². The predicted molar refractivity (Wildman–Crippen MR) is 116 cm³/mol. The Morgan fingerprint density at radius 3 is 2.03 bits per heavy atom. The summed E-state index contributed by atoms with van der Waals surface area (Å²) in [4.78, 5) is 32.9. The number of ether oxygens (including phenoxy) is 1. The topological polar surface area (TPSA) is 115 Å². The minimum Gasteiger partial charge on any atom is -0.476 e. The average molecular weight is 423 g/mol. The van der Waals surface area contributed by atoms with Gasteiger partial charge in [0.15, 0.2) is 22.5 Å². The summed E-state index contributed by atoms with van der Waals surface area (Å²) in [6.07, 6.45) is -0.655. The fraction of sp³-hybridized carbons (Fsp3) is 0.182. The highest BCUT2D eigenvalue weighted by Crippen LogP contribution is 2.28. The molecule has 0 saturated heterocycles. The van der Waals surface area contributed by atoms with Gasteiger partial charge in [-0.3, -0.25) is 4.99 Å². The molecular formula is C22H21N3O4S. The van der Waals surface area contributed by atoms with Gasteiger partial charge < -0.3 is 15.6 Å². The lowest BCUT2D eigenvalue weighted by molar-refractivity contribution is -0.152. The van der Waals surface area contributed by atoms with Gasteiger partial charge in [-0.15, -0.1) is 11.3 Å². The summed E-state index contributed by atoms with van der Waals surface area (Å²) in [5.74, 6) is -1.97. The number of aliphatic carboxylic acids is 1. The number of rotatable bonds is 7. The summed E-state index contributed by atoms with van der Waals surface area (Å²) >= 11 is 1.10. The van der Waals surface area contributed by atoms with E-state index < -0.39 is 23.6 Å². The van der Waals surface area contributed by atoms with Crippen LogP contribution < -0.4 is 5.73 Å². The van der Waals surface area contributed by atoms with E-state index in [1.54, 1.807) is 0 Å². The molecule has 0 spiro atoms. The van der Waals surface area contributed by atoms with Gasteiger partial charge in [0, 0.05) is 5.38 Å². The van der Waals surface area contributed by atoms with E-state index in [0.717, 1.165) is 22.5 Å². The van der Waals surface area contributed by atoms with E-state index >= 15 is 0 Å². The molecule has 2 aromatic carbocycles. The van der Waals surface area contributed by atoms with Crippen molar-refractivity contribution in [1.82, 2.24) is 4.98 Å². The molecule has 8 heteroatoms.